The van der Waals surface area contributed by atoms with Gasteiger partial charge in [0.05, 0.1) is 12.2 Å². The highest BCUT2D eigenvalue weighted by atomic mass is 19.1. The van der Waals surface area contributed by atoms with Crippen LogP contribution in [0, 0.1) is 11.6 Å². The van der Waals surface area contributed by atoms with Gasteiger partial charge >= 0.3 is 5.97 Å². The van der Waals surface area contributed by atoms with E-state index in [2.05, 4.69) is 5.32 Å². The highest BCUT2D eigenvalue weighted by molar-refractivity contribution is 5.88. The van der Waals surface area contributed by atoms with Crippen molar-refractivity contribution in [1.82, 2.24) is 0 Å². The molecule has 0 aliphatic heterocycles. The second-order valence-electron chi connectivity index (χ2n) is 4.21. The summed E-state index contributed by atoms with van der Waals surface area (Å²) in [5, 5.41) is 11.4. The van der Waals surface area contributed by atoms with E-state index in [0.29, 0.717) is 13.0 Å². The molecule has 1 aromatic rings. The van der Waals surface area contributed by atoms with E-state index in [-0.39, 0.29) is 11.7 Å². The van der Waals surface area contributed by atoms with E-state index in [1.54, 1.807) is 0 Å². The Hall–Kier alpha value is -1.69. The topological polar surface area (TPSA) is 58.6 Å². The first-order valence-corrected chi connectivity index (χ1v) is 5.97. The molecule has 0 bridgehead atoms. The van der Waals surface area contributed by atoms with Crippen molar-refractivity contribution in [3.63, 3.8) is 0 Å². The number of hydrogen-bond donors (Lipinski definition) is 2. The minimum atomic E-state index is -1.37. The number of aromatic carboxylic acids is 1. The molecule has 6 heteroatoms. The van der Waals surface area contributed by atoms with Gasteiger partial charge in [-0.1, -0.05) is 13.3 Å². The molecule has 106 valence electrons. The van der Waals surface area contributed by atoms with Gasteiger partial charge in [0.25, 0.3) is 0 Å². The van der Waals surface area contributed by atoms with Crippen LogP contribution in [0.25, 0.3) is 0 Å². The van der Waals surface area contributed by atoms with Crippen LogP contribution in [0.2, 0.25) is 0 Å². The van der Waals surface area contributed by atoms with Crippen molar-refractivity contribution in [2.45, 2.75) is 25.8 Å². The molecule has 0 amide bonds. The van der Waals surface area contributed by atoms with E-state index in [1.165, 1.54) is 7.11 Å². The largest absolute Gasteiger partial charge is 0.478 e. The maximum atomic E-state index is 13.7. The van der Waals surface area contributed by atoms with Crippen LogP contribution in [0.1, 0.15) is 30.1 Å². The van der Waals surface area contributed by atoms with Gasteiger partial charge in [-0.05, 0) is 18.6 Å². The number of benzene rings is 1. The van der Waals surface area contributed by atoms with Crippen LogP contribution < -0.4 is 5.32 Å². The van der Waals surface area contributed by atoms with Crippen molar-refractivity contribution >= 4 is 11.7 Å². The fourth-order valence-electron chi connectivity index (χ4n) is 1.79. The number of ether oxygens (including phenoxy) is 1. The third-order valence-corrected chi connectivity index (χ3v) is 2.64. The van der Waals surface area contributed by atoms with Gasteiger partial charge < -0.3 is 15.2 Å². The van der Waals surface area contributed by atoms with Crippen molar-refractivity contribution in [1.29, 1.82) is 0 Å². The predicted octanol–water partition coefficient (Wildman–Crippen LogP) is 2.89. The number of carboxylic acid groups (broad SMARTS) is 1. The molecule has 0 heterocycles. The van der Waals surface area contributed by atoms with Gasteiger partial charge in [-0.15, -0.1) is 0 Å². The molecular formula is C13H17F2NO3. The quantitative estimate of drug-likeness (QED) is 0.802. The number of nitrogens with one attached hydrogen (secondary N) is 1. The fraction of sp³-hybridized carbons (Fsp3) is 0.462. The molecule has 0 fully saturated rings. The normalized spacial score (nSPS) is 12.2. The molecule has 0 saturated heterocycles. The van der Waals surface area contributed by atoms with E-state index in [1.807, 2.05) is 6.92 Å². The lowest BCUT2D eigenvalue weighted by atomic mass is 10.1. The van der Waals surface area contributed by atoms with E-state index >= 15 is 0 Å². The number of carboxylic acids is 1. The molecule has 1 aromatic carbocycles. The molecule has 1 rings (SSSR count). The van der Waals surface area contributed by atoms with Gasteiger partial charge in [-0.3, -0.25) is 0 Å². The Morgan fingerprint density at radius 1 is 1.42 bits per heavy atom. The lowest BCUT2D eigenvalue weighted by Gasteiger charge is -2.19. The first-order chi connectivity index (χ1) is 8.99. The van der Waals surface area contributed by atoms with E-state index in [9.17, 15) is 13.6 Å². The molecule has 0 aromatic heterocycles. The highest BCUT2D eigenvalue weighted by Gasteiger charge is 2.17. The number of methoxy groups -OCH3 is 1. The summed E-state index contributed by atoms with van der Waals surface area (Å²) in [5.74, 6) is -3.21. The van der Waals surface area contributed by atoms with Crippen LogP contribution >= 0.6 is 0 Å². The monoisotopic (exact) mass is 273 g/mol. The Bertz CT molecular complexity index is 423. The first kappa shape index (κ1) is 15.4. The number of carbonyl (C=O) groups is 1. The van der Waals surface area contributed by atoms with Crippen molar-refractivity contribution in [2.24, 2.45) is 0 Å². The third kappa shape index (κ3) is 4.17. The predicted molar refractivity (Wildman–Crippen MR) is 67.5 cm³/mol. The average Bonchev–Trinajstić information content (AvgIpc) is 2.33. The van der Waals surface area contributed by atoms with E-state index in [0.717, 1.165) is 18.6 Å². The third-order valence-electron chi connectivity index (χ3n) is 2.64. The van der Waals surface area contributed by atoms with Gasteiger partial charge in [0.2, 0.25) is 0 Å². The Morgan fingerprint density at radius 2 is 2.00 bits per heavy atom. The van der Waals surface area contributed by atoms with Crippen LogP contribution in [-0.2, 0) is 4.74 Å². The van der Waals surface area contributed by atoms with Gasteiger partial charge in [0.15, 0.2) is 0 Å². The summed E-state index contributed by atoms with van der Waals surface area (Å²) in [6.07, 6.45) is 1.52. The lowest BCUT2D eigenvalue weighted by Crippen LogP contribution is -2.26. The smallest absolute Gasteiger partial charge is 0.335 e. The number of hydrogen-bond acceptors (Lipinski definition) is 3. The van der Waals surface area contributed by atoms with Crippen LogP contribution in [0.15, 0.2) is 12.1 Å². The van der Waals surface area contributed by atoms with Crippen molar-refractivity contribution in [2.75, 3.05) is 19.0 Å². The Kier molecular flexibility index (Phi) is 5.69. The van der Waals surface area contributed by atoms with Crippen LogP contribution in [0.4, 0.5) is 14.5 Å². The summed E-state index contributed by atoms with van der Waals surface area (Å²) < 4.78 is 32.4. The number of anilines is 1. The van der Waals surface area contributed by atoms with Crippen LogP contribution in [0.3, 0.4) is 0 Å². The molecule has 0 aliphatic rings. The van der Waals surface area contributed by atoms with Gasteiger partial charge in [0.1, 0.15) is 17.3 Å². The first-order valence-electron chi connectivity index (χ1n) is 5.97. The van der Waals surface area contributed by atoms with Crippen molar-refractivity contribution < 1.29 is 23.4 Å². The summed E-state index contributed by atoms with van der Waals surface area (Å²) in [6, 6.07) is 1.36. The summed E-state index contributed by atoms with van der Waals surface area (Å²) in [6.45, 7) is 2.26. The number of halogens is 2. The summed E-state index contributed by atoms with van der Waals surface area (Å²) in [7, 11) is 1.50. The fourth-order valence-corrected chi connectivity index (χ4v) is 1.79. The van der Waals surface area contributed by atoms with Crippen molar-refractivity contribution in [3.05, 3.63) is 29.3 Å². The molecule has 2 N–H and O–H groups in total. The number of rotatable bonds is 7. The molecule has 1 atom stereocenters. The molecular weight excluding hydrogens is 256 g/mol. The van der Waals surface area contributed by atoms with Crippen molar-refractivity contribution in [3.8, 4) is 0 Å². The molecule has 0 aliphatic carbocycles. The van der Waals surface area contributed by atoms with Crippen LogP contribution in [-0.4, -0.2) is 30.8 Å². The zero-order valence-corrected chi connectivity index (χ0v) is 10.9. The SMILES string of the molecule is CCCC(COC)Nc1c(F)cc(C(=O)O)cc1F. The van der Waals surface area contributed by atoms with Gasteiger partial charge in [-0.25, -0.2) is 13.6 Å². The molecule has 1 unspecified atom stereocenters. The molecule has 19 heavy (non-hydrogen) atoms. The van der Waals surface area contributed by atoms with Crippen LogP contribution in [0.5, 0.6) is 0 Å². The Labute approximate surface area is 110 Å². The zero-order valence-electron chi connectivity index (χ0n) is 10.9. The average molecular weight is 273 g/mol. The molecule has 0 spiro atoms. The molecule has 0 radical (unpaired) electrons. The summed E-state index contributed by atoms with van der Waals surface area (Å²) in [4.78, 5) is 10.7. The van der Waals surface area contributed by atoms with E-state index in [4.69, 9.17) is 9.84 Å². The summed E-state index contributed by atoms with van der Waals surface area (Å²) in [5.41, 5.74) is -0.736. The maximum Gasteiger partial charge on any atom is 0.335 e. The van der Waals surface area contributed by atoms with Gasteiger partial charge in [0, 0.05) is 13.2 Å². The molecule has 0 saturated carbocycles. The Balaban J connectivity index is 2.96. The Morgan fingerprint density at radius 3 is 2.42 bits per heavy atom. The highest BCUT2D eigenvalue weighted by Crippen LogP contribution is 2.22. The lowest BCUT2D eigenvalue weighted by molar-refractivity contribution is 0.0696. The second kappa shape index (κ2) is 7.04. The maximum absolute atomic E-state index is 13.7. The second-order valence-corrected chi connectivity index (χ2v) is 4.21. The standard InChI is InChI=1S/C13H17F2NO3/c1-3-4-9(7-19-2)16-12-10(14)5-8(13(17)18)6-11(12)15/h5-6,9,16H,3-4,7H2,1-2H3,(H,17,18). The van der Waals surface area contributed by atoms with Gasteiger partial charge in [-0.2, -0.15) is 0 Å². The summed E-state index contributed by atoms with van der Waals surface area (Å²) >= 11 is 0. The minimum absolute atomic E-state index is 0.227. The van der Waals surface area contributed by atoms with E-state index < -0.39 is 23.2 Å². The zero-order chi connectivity index (χ0) is 14.4. The minimum Gasteiger partial charge on any atom is -0.478 e. The molecule has 4 nitrogen and oxygen atoms in total.